The molecule has 1 aliphatic heterocycles. The second-order valence-corrected chi connectivity index (χ2v) is 7.26. The van der Waals surface area contributed by atoms with Crippen LogP contribution in [0.5, 0.6) is 6.01 Å². The second kappa shape index (κ2) is 8.46. The number of H-pyrrole nitrogens is 1. The van der Waals surface area contributed by atoms with Gasteiger partial charge in [0.05, 0.1) is 24.4 Å². The van der Waals surface area contributed by atoms with Gasteiger partial charge in [0.25, 0.3) is 5.91 Å². The molecule has 0 atom stereocenters. The molecule has 0 spiro atoms. The zero-order chi connectivity index (χ0) is 21.9. The van der Waals surface area contributed by atoms with E-state index in [4.69, 9.17) is 4.74 Å². The summed E-state index contributed by atoms with van der Waals surface area (Å²) in [6.07, 6.45) is 5.01. The Kier molecular flexibility index (Phi) is 5.20. The molecule has 1 amide bonds. The number of aromatic nitrogens is 6. The van der Waals surface area contributed by atoms with Crippen LogP contribution in [0.2, 0.25) is 0 Å². The molecule has 0 saturated carbocycles. The molecule has 0 radical (unpaired) electrons. The van der Waals surface area contributed by atoms with Gasteiger partial charge >= 0.3 is 6.01 Å². The molecule has 2 N–H and O–H groups in total. The summed E-state index contributed by atoms with van der Waals surface area (Å²) in [5, 5.41) is 11.2. The van der Waals surface area contributed by atoms with Gasteiger partial charge < -0.3 is 19.9 Å². The van der Waals surface area contributed by atoms with Crippen molar-refractivity contribution < 1.29 is 9.53 Å². The Morgan fingerprint density at radius 1 is 1.09 bits per heavy atom. The first-order valence-corrected chi connectivity index (χ1v) is 10.1. The molecule has 4 heterocycles. The molecule has 1 aliphatic rings. The molecule has 0 aliphatic carbocycles. The Morgan fingerprint density at radius 3 is 2.75 bits per heavy atom. The predicted molar refractivity (Wildman–Crippen MR) is 118 cm³/mol. The van der Waals surface area contributed by atoms with E-state index in [2.05, 4.69) is 35.5 Å². The lowest BCUT2D eigenvalue weighted by molar-refractivity contribution is 0.0745. The highest BCUT2D eigenvalue weighted by Gasteiger charge is 2.24. The van der Waals surface area contributed by atoms with Gasteiger partial charge in [-0.05, 0) is 30.3 Å². The lowest BCUT2D eigenvalue weighted by atomic mass is 10.2. The lowest BCUT2D eigenvalue weighted by Gasteiger charge is -2.34. The average Bonchev–Trinajstić information content (AvgIpc) is 3.32. The van der Waals surface area contributed by atoms with Gasteiger partial charge in [-0.25, -0.2) is 0 Å². The number of anilines is 3. The third-order valence-electron chi connectivity index (χ3n) is 5.24. The summed E-state index contributed by atoms with van der Waals surface area (Å²) in [7, 11) is 1.52. The fourth-order valence-corrected chi connectivity index (χ4v) is 3.56. The SMILES string of the molecule is COc1nc(Nc2ccc3cn[nH]c3c2)nc(N2CCN(C(=O)c3cccnc3)CC2)n1. The third kappa shape index (κ3) is 4.00. The standard InChI is InChI=1S/C21H21N9O2/c1-32-21-26-19(24-16-5-4-14-13-23-28-17(14)11-16)25-20(27-21)30-9-7-29(8-10-30)18(31)15-3-2-6-22-12-15/h2-6,11-13H,7-10H2,1H3,(H,23,28)(H,24,25,26,27). The number of methoxy groups -OCH3 is 1. The Balaban J connectivity index is 1.31. The zero-order valence-corrected chi connectivity index (χ0v) is 17.4. The summed E-state index contributed by atoms with van der Waals surface area (Å²) in [6.45, 7) is 2.30. The van der Waals surface area contributed by atoms with E-state index in [1.54, 1.807) is 30.7 Å². The van der Waals surface area contributed by atoms with Crippen molar-refractivity contribution in [3.8, 4) is 6.01 Å². The van der Waals surface area contributed by atoms with E-state index in [-0.39, 0.29) is 11.9 Å². The van der Waals surface area contributed by atoms with Crippen molar-refractivity contribution in [2.45, 2.75) is 0 Å². The van der Waals surface area contributed by atoms with Gasteiger partial charge in [-0.3, -0.25) is 14.9 Å². The predicted octanol–water partition coefficient (Wildman–Crippen LogP) is 1.86. The maximum Gasteiger partial charge on any atom is 0.322 e. The first-order valence-electron chi connectivity index (χ1n) is 10.1. The molecule has 32 heavy (non-hydrogen) atoms. The molecule has 1 aromatic carbocycles. The summed E-state index contributed by atoms with van der Waals surface area (Å²) in [5.74, 6) is 0.845. The van der Waals surface area contributed by atoms with Gasteiger partial charge in [0.15, 0.2) is 0 Å². The summed E-state index contributed by atoms with van der Waals surface area (Å²) in [5.41, 5.74) is 2.31. The van der Waals surface area contributed by atoms with Gasteiger partial charge in [-0.1, -0.05) is 0 Å². The summed E-state index contributed by atoms with van der Waals surface area (Å²) >= 11 is 0. The van der Waals surface area contributed by atoms with Crippen LogP contribution in [0.15, 0.2) is 48.9 Å². The number of aromatic amines is 1. The number of benzene rings is 1. The van der Waals surface area contributed by atoms with Crippen molar-refractivity contribution in [2.75, 3.05) is 43.5 Å². The number of hydrogen-bond donors (Lipinski definition) is 2. The van der Waals surface area contributed by atoms with Crippen molar-refractivity contribution in [2.24, 2.45) is 0 Å². The van der Waals surface area contributed by atoms with E-state index in [1.807, 2.05) is 28.0 Å². The molecule has 1 fully saturated rings. The van der Waals surface area contributed by atoms with E-state index >= 15 is 0 Å². The topological polar surface area (TPSA) is 125 Å². The van der Waals surface area contributed by atoms with E-state index in [0.29, 0.717) is 43.6 Å². The third-order valence-corrected chi connectivity index (χ3v) is 5.24. The summed E-state index contributed by atoms with van der Waals surface area (Å²) in [6, 6.07) is 9.57. The number of pyridine rings is 1. The number of piperazine rings is 1. The normalized spacial score (nSPS) is 13.9. The van der Waals surface area contributed by atoms with Crippen LogP contribution in [-0.4, -0.2) is 74.2 Å². The highest BCUT2D eigenvalue weighted by Crippen LogP contribution is 2.22. The minimum absolute atomic E-state index is 0.0254. The second-order valence-electron chi connectivity index (χ2n) is 7.26. The quantitative estimate of drug-likeness (QED) is 0.487. The van der Waals surface area contributed by atoms with Crippen LogP contribution in [0.1, 0.15) is 10.4 Å². The zero-order valence-electron chi connectivity index (χ0n) is 17.4. The minimum Gasteiger partial charge on any atom is -0.467 e. The molecule has 1 saturated heterocycles. The van der Waals surface area contributed by atoms with Gasteiger partial charge in [-0.2, -0.15) is 20.1 Å². The van der Waals surface area contributed by atoms with E-state index in [9.17, 15) is 4.79 Å². The molecular formula is C21H21N9O2. The first-order chi connectivity index (χ1) is 15.7. The molecule has 0 bridgehead atoms. The highest BCUT2D eigenvalue weighted by molar-refractivity contribution is 5.94. The first kappa shape index (κ1) is 19.7. The number of ether oxygens (including phenoxy) is 1. The maximum absolute atomic E-state index is 12.7. The van der Waals surface area contributed by atoms with E-state index in [0.717, 1.165) is 16.6 Å². The number of amides is 1. The van der Waals surface area contributed by atoms with Crippen molar-refractivity contribution in [3.63, 3.8) is 0 Å². The van der Waals surface area contributed by atoms with Crippen molar-refractivity contribution in [1.82, 2.24) is 35.0 Å². The van der Waals surface area contributed by atoms with Gasteiger partial charge in [0.2, 0.25) is 11.9 Å². The van der Waals surface area contributed by atoms with Crippen molar-refractivity contribution >= 4 is 34.4 Å². The van der Waals surface area contributed by atoms with Crippen LogP contribution >= 0.6 is 0 Å². The number of carbonyl (C=O) groups is 1. The summed E-state index contributed by atoms with van der Waals surface area (Å²) in [4.78, 5) is 33.8. The number of hydrogen-bond acceptors (Lipinski definition) is 9. The molecule has 3 aromatic heterocycles. The maximum atomic E-state index is 12.7. The van der Waals surface area contributed by atoms with Crippen LogP contribution in [0.25, 0.3) is 10.9 Å². The monoisotopic (exact) mass is 431 g/mol. The Labute approximate surface area is 183 Å². The molecular weight excluding hydrogens is 410 g/mol. The van der Waals surface area contributed by atoms with Gasteiger partial charge in [0, 0.05) is 49.6 Å². The molecule has 162 valence electrons. The van der Waals surface area contributed by atoms with E-state index in [1.165, 1.54) is 7.11 Å². The number of nitrogens with one attached hydrogen (secondary N) is 2. The van der Waals surface area contributed by atoms with Crippen LogP contribution in [0.3, 0.4) is 0 Å². The Bertz CT molecular complexity index is 1240. The number of nitrogens with zero attached hydrogens (tertiary/aromatic N) is 7. The fraction of sp³-hybridized carbons (Fsp3) is 0.238. The molecule has 5 rings (SSSR count). The largest absolute Gasteiger partial charge is 0.467 e. The number of rotatable bonds is 5. The number of carbonyl (C=O) groups excluding carboxylic acids is 1. The Hall–Kier alpha value is -4.28. The molecule has 0 unspecified atom stereocenters. The molecule has 11 nitrogen and oxygen atoms in total. The van der Waals surface area contributed by atoms with E-state index < -0.39 is 0 Å². The molecule has 4 aromatic rings. The lowest BCUT2D eigenvalue weighted by Crippen LogP contribution is -2.49. The van der Waals surface area contributed by atoms with Crippen LogP contribution in [0.4, 0.5) is 17.6 Å². The Morgan fingerprint density at radius 2 is 1.97 bits per heavy atom. The average molecular weight is 431 g/mol. The van der Waals surface area contributed by atoms with Crippen molar-refractivity contribution in [3.05, 3.63) is 54.5 Å². The van der Waals surface area contributed by atoms with Crippen LogP contribution in [-0.2, 0) is 0 Å². The van der Waals surface area contributed by atoms with Crippen LogP contribution < -0.4 is 15.0 Å². The minimum atomic E-state index is -0.0254. The fourth-order valence-electron chi connectivity index (χ4n) is 3.56. The van der Waals surface area contributed by atoms with Crippen LogP contribution in [0, 0.1) is 0 Å². The van der Waals surface area contributed by atoms with Crippen molar-refractivity contribution in [1.29, 1.82) is 0 Å². The van der Waals surface area contributed by atoms with Gasteiger partial charge in [0.1, 0.15) is 0 Å². The number of fused-ring (bicyclic) bond motifs is 1. The summed E-state index contributed by atoms with van der Waals surface area (Å²) < 4.78 is 5.28. The smallest absolute Gasteiger partial charge is 0.322 e. The van der Waals surface area contributed by atoms with Gasteiger partial charge in [-0.15, -0.1) is 0 Å². The molecule has 11 heteroatoms. The highest BCUT2D eigenvalue weighted by atomic mass is 16.5.